The third kappa shape index (κ3) is 6.66. The molecule has 1 aromatic carbocycles. The summed E-state index contributed by atoms with van der Waals surface area (Å²) in [5.74, 6) is 1.08. The summed E-state index contributed by atoms with van der Waals surface area (Å²) in [6, 6.07) is 7.31. The molecule has 1 saturated heterocycles. The Labute approximate surface area is 177 Å². The Kier molecular flexibility index (Phi) is 7.96. The number of aromatic amines is 1. The Morgan fingerprint density at radius 1 is 1.17 bits per heavy atom. The summed E-state index contributed by atoms with van der Waals surface area (Å²) >= 11 is 0. The van der Waals surface area contributed by atoms with Gasteiger partial charge in [-0.15, -0.1) is 10.2 Å². The van der Waals surface area contributed by atoms with Crippen LogP contribution in [0.4, 0.5) is 0 Å². The number of ether oxygens (including phenoxy) is 1. The molecule has 8 nitrogen and oxygen atoms in total. The van der Waals surface area contributed by atoms with Crippen molar-refractivity contribution in [1.82, 2.24) is 25.4 Å². The predicted molar refractivity (Wildman–Crippen MR) is 115 cm³/mol. The molecule has 162 valence electrons. The van der Waals surface area contributed by atoms with E-state index in [0.29, 0.717) is 12.4 Å². The van der Waals surface area contributed by atoms with Gasteiger partial charge in [-0.3, -0.25) is 9.59 Å². The van der Waals surface area contributed by atoms with E-state index < -0.39 is 0 Å². The monoisotopic (exact) mass is 413 g/mol. The molecule has 3 rings (SSSR count). The van der Waals surface area contributed by atoms with Crippen molar-refractivity contribution >= 4 is 5.91 Å². The van der Waals surface area contributed by atoms with Crippen LogP contribution in [0.3, 0.4) is 0 Å². The average molecular weight is 414 g/mol. The molecule has 30 heavy (non-hydrogen) atoms. The number of carbonyl (C=O) groups is 1. The fourth-order valence-electron chi connectivity index (χ4n) is 3.47. The van der Waals surface area contributed by atoms with E-state index in [1.54, 1.807) is 0 Å². The Morgan fingerprint density at radius 2 is 1.90 bits per heavy atom. The number of benzene rings is 1. The second kappa shape index (κ2) is 10.9. The van der Waals surface area contributed by atoms with Crippen molar-refractivity contribution in [3.63, 3.8) is 0 Å². The fraction of sp³-hybridized carbons (Fsp3) is 0.545. The maximum atomic E-state index is 12.3. The highest BCUT2D eigenvalue weighted by atomic mass is 16.5. The molecule has 0 spiro atoms. The molecule has 1 aromatic heterocycles. The third-order valence-electron chi connectivity index (χ3n) is 5.05. The highest BCUT2D eigenvalue weighted by molar-refractivity contribution is 5.76. The number of nitrogens with one attached hydrogen (secondary N) is 2. The molecule has 0 radical (unpaired) electrons. The fourth-order valence-corrected chi connectivity index (χ4v) is 3.47. The maximum Gasteiger partial charge on any atom is 0.273 e. The van der Waals surface area contributed by atoms with Crippen molar-refractivity contribution in [1.29, 1.82) is 0 Å². The second-order valence-corrected chi connectivity index (χ2v) is 7.89. The van der Waals surface area contributed by atoms with Crippen molar-refractivity contribution in [2.45, 2.75) is 52.1 Å². The van der Waals surface area contributed by atoms with Gasteiger partial charge in [0.25, 0.3) is 5.56 Å². The second-order valence-electron chi connectivity index (χ2n) is 7.89. The summed E-state index contributed by atoms with van der Waals surface area (Å²) in [4.78, 5) is 29.5. The Balaban J connectivity index is 1.47. The van der Waals surface area contributed by atoms with Gasteiger partial charge < -0.3 is 19.9 Å². The highest BCUT2D eigenvalue weighted by Crippen LogP contribution is 2.19. The zero-order valence-corrected chi connectivity index (χ0v) is 17.8. The molecule has 1 aliphatic heterocycles. The number of amides is 1. The van der Waals surface area contributed by atoms with E-state index in [0.717, 1.165) is 30.9 Å². The molecule has 1 aliphatic rings. The summed E-state index contributed by atoms with van der Waals surface area (Å²) in [5.41, 5.74) is 0.700. The molecule has 2 N–H and O–H groups in total. The first kappa shape index (κ1) is 22.0. The number of hydrogen-bond donors (Lipinski definition) is 2. The Hall–Kier alpha value is -2.74. The number of carbonyl (C=O) groups excluding carboxylic acids is 1. The van der Waals surface area contributed by atoms with Crippen LogP contribution in [0.15, 0.2) is 29.1 Å². The molecule has 8 heteroatoms. The van der Waals surface area contributed by atoms with Crippen molar-refractivity contribution in [2.24, 2.45) is 0 Å². The van der Waals surface area contributed by atoms with Gasteiger partial charge in [0.1, 0.15) is 11.4 Å². The van der Waals surface area contributed by atoms with Gasteiger partial charge in [0.2, 0.25) is 5.91 Å². The van der Waals surface area contributed by atoms with Crippen LogP contribution in [0, 0.1) is 0 Å². The van der Waals surface area contributed by atoms with Crippen LogP contribution in [0.1, 0.15) is 45.2 Å². The minimum atomic E-state index is -0.316. The van der Waals surface area contributed by atoms with E-state index in [1.807, 2.05) is 38.1 Å². The number of aromatic nitrogens is 3. The van der Waals surface area contributed by atoms with E-state index >= 15 is 0 Å². The van der Waals surface area contributed by atoms with Crippen LogP contribution in [-0.2, 0) is 11.2 Å². The van der Waals surface area contributed by atoms with Gasteiger partial charge in [0.15, 0.2) is 5.82 Å². The van der Waals surface area contributed by atoms with Crippen molar-refractivity contribution in [2.75, 3.05) is 26.2 Å². The minimum Gasteiger partial charge on any atom is -0.491 e. The number of piperidine rings is 1. The van der Waals surface area contributed by atoms with Gasteiger partial charge in [-0.25, -0.2) is 0 Å². The highest BCUT2D eigenvalue weighted by Gasteiger charge is 2.12. The van der Waals surface area contributed by atoms with Crippen molar-refractivity contribution < 1.29 is 9.53 Å². The first-order valence-corrected chi connectivity index (χ1v) is 10.7. The zero-order valence-electron chi connectivity index (χ0n) is 17.8. The lowest BCUT2D eigenvalue weighted by molar-refractivity contribution is -0.121. The summed E-state index contributed by atoms with van der Waals surface area (Å²) < 4.78 is 5.62. The lowest BCUT2D eigenvalue weighted by atomic mass is 10.1. The lowest BCUT2D eigenvalue weighted by Crippen LogP contribution is -2.37. The van der Waals surface area contributed by atoms with Gasteiger partial charge in [0, 0.05) is 31.5 Å². The summed E-state index contributed by atoms with van der Waals surface area (Å²) in [5, 5.41) is 11.1. The van der Waals surface area contributed by atoms with E-state index in [1.165, 1.54) is 19.3 Å². The van der Waals surface area contributed by atoms with Crippen LogP contribution in [0.5, 0.6) is 5.75 Å². The van der Waals surface area contributed by atoms with E-state index in [9.17, 15) is 9.59 Å². The molecule has 2 aromatic rings. The predicted octanol–water partition coefficient (Wildman–Crippen LogP) is 2.15. The lowest BCUT2D eigenvalue weighted by Gasteiger charge is -2.26. The summed E-state index contributed by atoms with van der Waals surface area (Å²) in [6.07, 6.45) is 4.35. The maximum absolute atomic E-state index is 12.3. The van der Waals surface area contributed by atoms with E-state index in [2.05, 4.69) is 25.4 Å². The van der Waals surface area contributed by atoms with Gasteiger partial charge in [-0.2, -0.15) is 0 Å². The molecule has 1 amide bonds. The number of hydrogen-bond acceptors (Lipinski definition) is 6. The molecule has 0 saturated carbocycles. The number of rotatable bonds is 9. The average Bonchev–Trinajstić information content (AvgIpc) is 2.74. The van der Waals surface area contributed by atoms with Crippen LogP contribution in [0.2, 0.25) is 0 Å². The summed E-state index contributed by atoms with van der Waals surface area (Å²) in [6.45, 7) is 7.66. The van der Waals surface area contributed by atoms with Crippen LogP contribution >= 0.6 is 0 Å². The van der Waals surface area contributed by atoms with Crippen molar-refractivity contribution in [3.05, 3.63) is 40.3 Å². The molecule has 0 atom stereocenters. The van der Waals surface area contributed by atoms with Gasteiger partial charge in [-0.1, -0.05) is 6.42 Å². The smallest absolute Gasteiger partial charge is 0.273 e. The standard InChI is InChI=1S/C22H31N5O3/c1-16(2)30-18-8-6-17(7-9-18)21-24-22(29)19(25-26-21)10-11-20(28)23-12-15-27-13-4-3-5-14-27/h6-9,16H,3-5,10-15H2,1-2H3,(H,23,28)(H,24,26,29). The first-order chi connectivity index (χ1) is 14.5. The number of nitrogens with zero attached hydrogens (tertiary/aromatic N) is 3. The first-order valence-electron chi connectivity index (χ1n) is 10.7. The topological polar surface area (TPSA) is 100 Å². The third-order valence-corrected chi connectivity index (χ3v) is 5.05. The van der Waals surface area contributed by atoms with Crippen LogP contribution < -0.4 is 15.6 Å². The van der Waals surface area contributed by atoms with Gasteiger partial charge in [0.05, 0.1) is 6.10 Å². The Bertz CT molecular complexity index is 873. The normalized spacial score (nSPS) is 14.6. The molecular weight excluding hydrogens is 382 g/mol. The van der Waals surface area contributed by atoms with Crippen LogP contribution in [0.25, 0.3) is 11.4 Å². The zero-order chi connectivity index (χ0) is 21.3. The largest absolute Gasteiger partial charge is 0.491 e. The quantitative estimate of drug-likeness (QED) is 0.653. The molecular formula is C22H31N5O3. The van der Waals surface area contributed by atoms with Crippen LogP contribution in [-0.4, -0.2) is 58.3 Å². The van der Waals surface area contributed by atoms with Crippen molar-refractivity contribution in [3.8, 4) is 17.1 Å². The van der Waals surface area contributed by atoms with E-state index in [4.69, 9.17) is 4.74 Å². The molecule has 0 bridgehead atoms. The number of likely N-dealkylation sites (tertiary alicyclic amines) is 1. The summed E-state index contributed by atoms with van der Waals surface area (Å²) in [7, 11) is 0. The molecule has 1 fully saturated rings. The Morgan fingerprint density at radius 3 is 2.57 bits per heavy atom. The molecule has 2 heterocycles. The minimum absolute atomic E-state index is 0.0713. The van der Waals surface area contributed by atoms with E-state index in [-0.39, 0.29) is 36.1 Å². The number of H-pyrrole nitrogens is 1. The van der Waals surface area contributed by atoms with Gasteiger partial charge >= 0.3 is 0 Å². The SMILES string of the molecule is CC(C)Oc1ccc(-c2nnc(CCC(=O)NCCN3CCCCC3)c(=O)[nH]2)cc1. The molecule has 0 unspecified atom stereocenters. The molecule has 0 aliphatic carbocycles. The number of aryl methyl sites for hydroxylation is 1. The van der Waals surface area contributed by atoms with Gasteiger partial charge in [-0.05, 0) is 64.0 Å².